The minimum atomic E-state index is -0.775. The molecule has 0 aromatic carbocycles. The predicted molar refractivity (Wildman–Crippen MR) is 55.1 cm³/mol. The highest BCUT2D eigenvalue weighted by Crippen LogP contribution is 2.19. The number of carbonyl (C=O) groups excluding carboxylic acids is 2. The van der Waals surface area contributed by atoms with Gasteiger partial charge in [0, 0.05) is 12.7 Å². The molecule has 16 heavy (non-hydrogen) atoms. The average Bonchev–Trinajstić information content (AvgIpc) is 2.22. The van der Waals surface area contributed by atoms with Gasteiger partial charge in [-0.1, -0.05) is 13.5 Å². The van der Waals surface area contributed by atoms with E-state index in [4.69, 9.17) is 4.74 Å². The van der Waals surface area contributed by atoms with Crippen LogP contribution < -0.4 is 0 Å². The normalized spacial score (nSPS) is 20.4. The van der Waals surface area contributed by atoms with Crippen LogP contribution in [-0.2, 0) is 24.1 Å². The topological polar surface area (TPSA) is 61.8 Å². The number of rotatable bonds is 5. The lowest BCUT2D eigenvalue weighted by atomic mass is 10.00. The maximum absolute atomic E-state index is 11.3. The summed E-state index contributed by atoms with van der Waals surface area (Å²) in [7, 11) is 0. The van der Waals surface area contributed by atoms with E-state index in [0.29, 0.717) is 6.42 Å². The van der Waals surface area contributed by atoms with E-state index in [1.165, 1.54) is 0 Å². The molecule has 1 heterocycles. The highest BCUT2D eigenvalue weighted by atomic mass is 17.2. The van der Waals surface area contributed by atoms with Crippen molar-refractivity contribution in [3.63, 3.8) is 0 Å². The first-order valence-electron chi connectivity index (χ1n) is 5.30. The zero-order chi connectivity index (χ0) is 12.0. The van der Waals surface area contributed by atoms with Gasteiger partial charge in [0.2, 0.25) is 0 Å². The molecule has 0 aliphatic carbocycles. The van der Waals surface area contributed by atoms with E-state index in [1.54, 1.807) is 6.92 Å². The predicted octanol–water partition coefficient (Wildman–Crippen LogP) is 1.38. The van der Waals surface area contributed by atoms with Crippen molar-refractivity contribution in [1.82, 2.24) is 0 Å². The fraction of sp³-hybridized carbons (Fsp3) is 0.636. The second-order valence-corrected chi connectivity index (χ2v) is 3.77. The molecule has 0 spiro atoms. The smallest absolute Gasteiger partial charge is 0.378 e. The first-order valence-corrected chi connectivity index (χ1v) is 5.30. The van der Waals surface area contributed by atoms with Gasteiger partial charge in [-0.15, -0.1) is 0 Å². The van der Waals surface area contributed by atoms with Crippen LogP contribution in [0.1, 0.15) is 26.2 Å². The SMILES string of the molecule is C=CC(=O)OOC(=O)C(C)CCC1CCO1. The van der Waals surface area contributed by atoms with Crippen LogP contribution >= 0.6 is 0 Å². The minimum absolute atomic E-state index is 0.269. The summed E-state index contributed by atoms with van der Waals surface area (Å²) in [4.78, 5) is 30.5. The van der Waals surface area contributed by atoms with Crippen molar-refractivity contribution < 1.29 is 24.1 Å². The molecule has 1 aliphatic rings. The lowest BCUT2D eigenvalue weighted by molar-refractivity contribution is -0.258. The summed E-state index contributed by atoms with van der Waals surface area (Å²) in [6.45, 7) is 5.71. The van der Waals surface area contributed by atoms with Crippen LogP contribution in [0.25, 0.3) is 0 Å². The van der Waals surface area contributed by atoms with Gasteiger partial charge in [0.15, 0.2) is 0 Å². The summed E-state index contributed by atoms with van der Waals surface area (Å²) >= 11 is 0. The molecule has 1 saturated heterocycles. The Morgan fingerprint density at radius 1 is 1.56 bits per heavy atom. The molecule has 0 radical (unpaired) electrons. The van der Waals surface area contributed by atoms with Gasteiger partial charge in [-0.25, -0.2) is 19.4 Å². The first-order chi connectivity index (χ1) is 7.63. The van der Waals surface area contributed by atoms with E-state index in [-0.39, 0.29) is 12.0 Å². The maximum Gasteiger partial charge on any atom is 0.378 e. The third-order valence-electron chi connectivity index (χ3n) is 2.49. The standard InChI is InChI=1S/C11H16O5/c1-3-10(12)15-16-11(13)8(2)4-5-9-6-7-14-9/h3,8-9H,1,4-7H2,2H3. The first kappa shape index (κ1) is 12.7. The molecule has 1 rings (SSSR count). The van der Waals surface area contributed by atoms with Crippen molar-refractivity contribution in [2.45, 2.75) is 32.3 Å². The van der Waals surface area contributed by atoms with Gasteiger partial charge < -0.3 is 4.74 Å². The zero-order valence-corrected chi connectivity index (χ0v) is 9.31. The van der Waals surface area contributed by atoms with Gasteiger partial charge >= 0.3 is 11.9 Å². The molecule has 0 saturated carbocycles. The molecule has 1 fully saturated rings. The third-order valence-corrected chi connectivity index (χ3v) is 2.49. The largest absolute Gasteiger partial charge is 0.378 e. The number of hydrogen-bond acceptors (Lipinski definition) is 5. The molecule has 2 atom stereocenters. The summed E-state index contributed by atoms with van der Waals surface area (Å²) in [5, 5.41) is 0. The summed E-state index contributed by atoms with van der Waals surface area (Å²) in [5.74, 6) is -1.63. The van der Waals surface area contributed by atoms with Gasteiger partial charge in [0.25, 0.3) is 0 Å². The molecule has 2 unspecified atom stereocenters. The quantitative estimate of drug-likeness (QED) is 0.404. The lowest BCUT2D eigenvalue weighted by Gasteiger charge is -2.26. The molecule has 0 aromatic rings. The van der Waals surface area contributed by atoms with Crippen LogP contribution in [-0.4, -0.2) is 24.6 Å². The van der Waals surface area contributed by atoms with E-state index >= 15 is 0 Å². The zero-order valence-electron chi connectivity index (χ0n) is 9.31. The van der Waals surface area contributed by atoms with Gasteiger partial charge in [0.1, 0.15) is 0 Å². The van der Waals surface area contributed by atoms with Crippen LogP contribution in [0.5, 0.6) is 0 Å². The molecule has 0 amide bonds. The highest BCUT2D eigenvalue weighted by molar-refractivity contribution is 5.81. The second-order valence-electron chi connectivity index (χ2n) is 3.77. The number of carbonyl (C=O) groups is 2. The summed E-state index contributed by atoms with van der Waals surface area (Å²) in [5.41, 5.74) is 0. The van der Waals surface area contributed by atoms with Crippen molar-refractivity contribution in [1.29, 1.82) is 0 Å². The second kappa shape index (κ2) is 6.27. The third kappa shape index (κ3) is 4.02. The average molecular weight is 228 g/mol. The van der Waals surface area contributed by atoms with Gasteiger partial charge in [0.05, 0.1) is 12.0 Å². The minimum Gasteiger partial charge on any atom is -0.378 e. The van der Waals surface area contributed by atoms with E-state index in [0.717, 1.165) is 25.5 Å². The van der Waals surface area contributed by atoms with Crippen LogP contribution in [0.15, 0.2) is 12.7 Å². The van der Waals surface area contributed by atoms with E-state index in [2.05, 4.69) is 16.4 Å². The molecule has 90 valence electrons. The van der Waals surface area contributed by atoms with Crippen molar-refractivity contribution >= 4 is 11.9 Å². The molecule has 0 aromatic heterocycles. The monoisotopic (exact) mass is 228 g/mol. The Kier molecular flexibility index (Phi) is 4.98. The Hall–Kier alpha value is -1.36. The Balaban J connectivity index is 2.13. The fourth-order valence-electron chi connectivity index (χ4n) is 1.26. The maximum atomic E-state index is 11.3. The summed E-state index contributed by atoms with van der Waals surface area (Å²) in [6, 6.07) is 0. The van der Waals surface area contributed by atoms with E-state index in [9.17, 15) is 9.59 Å². The summed E-state index contributed by atoms with van der Waals surface area (Å²) < 4.78 is 5.23. The highest BCUT2D eigenvalue weighted by Gasteiger charge is 2.22. The van der Waals surface area contributed by atoms with Crippen LogP contribution in [0.3, 0.4) is 0 Å². The Labute approximate surface area is 94.3 Å². The molecular formula is C11H16O5. The summed E-state index contributed by atoms with van der Waals surface area (Å²) in [6.07, 6.45) is 3.74. The van der Waals surface area contributed by atoms with Crippen molar-refractivity contribution in [2.75, 3.05) is 6.61 Å². The van der Waals surface area contributed by atoms with E-state index in [1.807, 2.05) is 0 Å². The number of hydrogen-bond donors (Lipinski definition) is 0. The van der Waals surface area contributed by atoms with Crippen molar-refractivity contribution in [3.05, 3.63) is 12.7 Å². The van der Waals surface area contributed by atoms with Gasteiger partial charge in [-0.2, -0.15) is 0 Å². The Bertz CT molecular complexity index is 270. The van der Waals surface area contributed by atoms with Crippen molar-refractivity contribution in [2.24, 2.45) is 5.92 Å². The molecule has 0 N–H and O–H groups in total. The van der Waals surface area contributed by atoms with Crippen LogP contribution in [0, 0.1) is 5.92 Å². The van der Waals surface area contributed by atoms with Crippen LogP contribution in [0.2, 0.25) is 0 Å². The van der Waals surface area contributed by atoms with Gasteiger partial charge in [-0.05, 0) is 19.3 Å². The molecule has 5 nitrogen and oxygen atoms in total. The molecule has 0 bridgehead atoms. The van der Waals surface area contributed by atoms with E-state index < -0.39 is 11.9 Å². The Morgan fingerprint density at radius 2 is 2.25 bits per heavy atom. The fourth-order valence-corrected chi connectivity index (χ4v) is 1.26. The Morgan fingerprint density at radius 3 is 2.75 bits per heavy atom. The molecular weight excluding hydrogens is 212 g/mol. The van der Waals surface area contributed by atoms with Crippen LogP contribution in [0.4, 0.5) is 0 Å². The number of ether oxygens (including phenoxy) is 1. The molecule has 1 aliphatic heterocycles. The lowest BCUT2D eigenvalue weighted by Crippen LogP contribution is -2.28. The van der Waals surface area contributed by atoms with Crippen molar-refractivity contribution in [3.8, 4) is 0 Å². The molecule has 5 heteroatoms. The van der Waals surface area contributed by atoms with Gasteiger partial charge in [-0.3, -0.25) is 0 Å².